The normalized spacial score (nSPS) is 13.2. The molecule has 0 spiro atoms. The van der Waals surface area contributed by atoms with E-state index in [0.29, 0.717) is 36.3 Å². The first-order valence-electron chi connectivity index (χ1n) is 11.1. The fraction of sp³-hybridized carbons (Fsp3) is 0.500. The molecule has 0 saturated heterocycles. The highest BCUT2D eigenvalue weighted by molar-refractivity contribution is 9.10. The molecule has 0 bridgehead atoms. The number of hydrogen-bond acceptors (Lipinski definition) is 7. The third-order valence-corrected chi connectivity index (χ3v) is 13.7. The molecule has 9 nitrogen and oxygen atoms in total. The van der Waals surface area contributed by atoms with E-state index in [0.717, 1.165) is 10.0 Å². The Bertz CT molecular complexity index is 1330. The van der Waals surface area contributed by atoms with Crippen LogP contribution in [-0.4, -0.2) is 61.0 Å². The number of hydrogen-bond donors (Lipinski definition) is 1. The summed E-state index contributed by atoms with van der Waals surface area (Å²) in [5.74, 6) is 0.119. The SMILES string of the molecule is CN(CCO[Si](C)(C)C(C)(C)C)S(=O)(=O)Cc1cc(Cn2ncc3c(N)nc(Cl)nc32)ccc1Br. The average Bonchev–Trinajstić information content (AvgIpc) is 3.12. The number of fused-ring (bicyclic) bond motifs is 1. The Hall–Kier alpha value is -1.57. The van der Waals surface area contributed by atoms with Crippen LogP contribution in [0.2, 0.25) is 23.4 Å². The minimum atomic E-state index is -3.55. The van der Waals surface area contributed by atoms with Crippen molar-refractivity contribution in [3.63, 3.8) is 0 Å². The van der Waals surface area contributed by atoms with Gasteiger partial charge in [-0.25, -0.2) is 22.4 Å². The van der Waals surface area contributed by atoms with Crippen molar-refractivity contribution in [3.8, 4) is 0 Å². The monoisotopic (exact) mass is 602 g/mol. The van der Waals surface area contributed by atoms with Crippen molar-refractivity contribution in [1.82, 2.24) is 24.1 Å². The van der Waals surface area contributed by atoms with Gasteiger partial charge in [0.25, 0.3) is 0 Å². The summed E-state index contributed by atoms with van der Waals surface area (Å²) in [6, 6.07) is 5.58. The van der Waals surface area contributed by atoms with E-state index in [1.54, 1.807) is 17.9 Å². The Balaban J connectivity index is 1.73. The molecule has 2 N–H and O–H groups in total. The molecule has 0 atom stereocenters. The lowest BCUT2D eigenvalue weighted by Crippen LogP contribution is -2.43. The van der Waals surface area contributed by atoms with E-state index < -0.39 is 18.3 Å². The summed E-state index contributed by atoms with van der Waals surface area (Å²) < 4.78 is 36.0. The molecule has 0 aliphatic carbocycles. The molecule has 0 aliphatic rings. The van der Waals surface area contributed by atoms with E-state index in [2.05, 4.69) is 64.9 Å². The van der Waals surface area contributed by atoms with Crippen molar-refractivity contribution in [2.24, 2.45) is 0 Å². The second kappa shape index (κ2) is 10.4. The summed E-state index contributed by atoms with van der Waals surface area (Å²) in [4.78, 5) is 8.18. The highest BCUT2D eigenvalue weighted by Crippen LogP contribution is 2.36. The zero-order valence-electron chi connectivity index (χ0n) is 20.8. The number of benzene rings is 1. The van der Waals surface area contributed by atoms with E-state index in [1.807, 2.05) is 18.2 Å². The predicted molar refractivity (Wildman–Crippen MR) is 146 cm³/mol. The zero-order chi connectivity index (χ0) is 26.2. The van der Waals surface area contributed by atoms with Crippen LogP contribution in [0.1, 0.15) is 31.9 Å². The van der Waals surface area contributed by atoms with Crippen molar-refractivity contribution in [3.05, 3.63) is 45.3 Å². The van der Waals surface area contributed by atoms with Gasteiger partial charge < -0.3 is 10.2 Å². The van der Waals surface area contributed by atoms with Gasteiger partial charge in [0.1, 0.15) is 5.82 Å². The number of anilines is 1. The maximum absolute atomic E-state index is 13.1. The van der Waals surface area contributed by atoms with E-state index >= 15 is 0 Å². The number of halogens is 2. The first-order chi connectivity index (χ1) is 16.1. The van der Waals surface area contributed by atoms with E-state index in [-0.39, 0.29) is 21.9 Å². The van der Waals surface area contributed by atoms with Gasteiger partial charge in [0, 0.05) is 24.7 Å². The molecule has 3 rings (SSSR count). The molecule has 0 fully saturated rings. The smallest absolute Gasteiger partial charge is 0.226 e. The van der Waals surface area contributed by atoms with E-state index in [4.69, 9.17) is 21.8 Å². The molecule has 0 radical (unpaired) electrons. The Kier molecular flexibility index (Phi) is 8.34. The number of nitrogens with two attached hydrogens (primary N) is 1. The first kappa shape index (κ1) is 28.0. The van der Waals surface area contributed by atoms with Crippen LogP contribution in [-0.2, 0) is 26.7 Å². The van der Waals surface area contributed by atoms with Crippen LogP contribution in [0.4, 0.5) is 5.82 Å². The fourth-order valence-corrected chi connectivity index (χ4v) is 6.15. The van der Waals surface area contributed by atoms with Crippen LogP contribution in [0.25, 0.3) is 11.0 Å². The predicted octanol–water partition coefficient (Wildman–Crippen LogP) is 4.66. The Labute approximate surface area is 221 Å². The van der Waals surface area contributed by atoms with Crippen LogP contribution in [0.15, 0.2) is 28.9 Å². The average molecular weight is 604 g/mol. The molecule has 0 unspecified atom stereocenters. The number of nitrogens with zero attached hydrogens (tertiary/aromatic N) is 5. The van der Waals surface area contributed by atoms with Gasteiger partial charge in [-0.3, -0.25) is 0 Å². The van der Waals surface area contributed by atoms with Gasteiger partial charge in [-0.1, -0.05) is 48.8 Å². The first-order valence-corrected chi connectivity index (χ1v) is 16.8. The lowest BCUT2D eigenvalue weighted by molar-refractivity contribution is 0.263. The Morgan fingerprint density at radius 2 is 1.94 bits per heavy atom. The third-order valence-electron chi connectivity index (χ3n) is 6.43. The molecule has 35 heavy (non-hydrogen) atoms. The standard InChI is InChI=1S/C22H32BrClN6O3SSi/c1-22(2,3)35(5,6)33-10-9-29(4)34(31,32)14-16-11-15(7-8-18(16)23)13-30-20-17(12-26-30)19(25)27-21(24)28-20/h7-8,11-12H,9-10,13-14H2,1-6H3,(H2,25,27,28). The second-order valence-electron chi connectivity index (χ2n) is 10.0. The number of nitrogen functional groups attached to an aromatic ring is 1. The largest absolute Gasteiger partial charge is 0.415 e. The molecule has 192 valence electrons. The Morgan fingerprint density at radius 1 is 1.26 bits per heavy atom. The molecule has 2 heterocycles. The van der Waals surface area contributed by atoms with Crippen molar-refractivity contribution in [2.45, 2.75) is 51.2 Å². The summed E-state index contributed by atoms with van der Waals surface area (Å²) in [5.41, 5.74) is 7.94. The number of sulfonamides is 1. The van der Waals surface area contributed by atoms with Crippen LogP contribution >= 0.6 is 27.5 Å². The second-order valence-corrected chi connectivity index (χ2v) is 18.1. The summed E-state index contributed by atoms with van der Waals surface area (Å²) in [7, 11) is -3.90. The lowest BCUT2D eigenvalue weighted by atomic mass is 10.1. The Morgan fingerprint density at radius 3 is 2.60 bits per heavy atom. The lowest BCUT2D eigenvalue weighted by Gasteiger charge is -2.36. The highest BCUT2D eigenvalue weighted by Gasteiger charge is 2.37. The summed E-state index contributed by atoms with van der Waals surface area (Å²) >= 11 is 9.45. The van der Waals surface area contributed by atoms with Crippen LogP contribution in [0, 0.1) is 0 Å². The highest BCUT2D eigenvalue weighted by atomic mass is 79.9. The summed E-state index contributed by atoms with van der Waals surface area (Å²) in [6.07, 6.45) is 1.59. The van der Waals surface area contributed by atoms with Crippen molar-refractivity contribution in [2.75, 3.05) is 25.9 Å². The molecule has 1 aromatic carbocycles. The van der Waals surface area contributed by atoms with Gasteiger partial charge in [0.05, 0.1) is 23.9 Å². The molecule has 2 aromatic heterocycles. The molecule has 3 aromatic rings. The van der Waals surface area contributed by atoms with Crippen LogP contribution in [0.3, 0.4) is 0 Å². The summed E-state index contributed by atoms with van der Waals surface area (Å²) in [5, 5.41) is 5.06. The quantitative estimate of drug-likeness (QED) is 0.279. The molecule has 13 heteroatoms. The van der Waals surface area contributed by atoms with E-state index in [9.17, 15) is 8.42 Å². The van der Waals surface area contributed by atoms with Crippen molar-refractivity contribution >= 4 is 62.7 Å². The minimum Gasteiger partial charge on any atom is -0.415 e. The fourth-order valence-electron chi connectivity index (χ4n) is 3.17. The molecule has 0 saturated carbocycles. The van der Waals surface area contributed by atoms with Crippen molar-refractivity contribution in [1.29, 1.82) is 0 Å². The minimum absolute atomic E-state index is 0.0416. The molecular weight excluding hydrogens is 572 g/mol. The van der Waals surface area contributed by atoms with Crippen molar-refractivity contribution < 1.29 is 12.8 Å². The number of aromatic nitrogens is 4. The molecule has 0 aliphatic heterocycles. The maximum atomic E-state index is 13.1. The maximum Gasteiger partial charge on any atom is 0.226 e. The summed E-state index contributed by atoms with van der Waals surface area (Å²) in [6.45, 7) is 11.8. The third kappa shape index (κ3) is 6.60. The number of likely N-dealkylation sites (N-methyl/N-ethyl adjacent to an activating group) is 1. The van der Waals surface area contributed by atoms with Gasteiger partial charge in [0.2, 0.25) is 15.3 Å². The number of rotatable bonds is 9. The van der Waals surface area contributed by atoms with Gasteiger partial charge in [-0.2, -0.15) is 10.1 Å². The van der Waals surface area contributed by atoms with Crippen LogP contribution < -0.4 is 5.73 Å². The van der Waals surface area contributed by atoms with Gasteiger partial charge in [0.15, 0.2) is 14.0 Å². The molecular formula is C22H32BrClN6O3SSi. The van der Waals surface area contributed by atoms with E-state index in [1.165, 1.54) is 4.31 Å². The zero-order valence-corrected chi connectivity index (χ0v) is 25.0. The van der Waals surface area contributed by atoms with Gasteiger partial charge in [-0.05, 0) is 46.9 Å². The van der Waals surface area contributed by atoms with Gasteiger partial charge in [-0.15, -0.1) is 0 Å². The molecule has 0 amide bonds. The van der Waals surface area contributed by atoms with Gasteiger partial charge >= 0.3 is 0 Å². The topological polar surface area (TPSA) is 116 Å². The van der Waals surface area contributed by atoms with Crippen LogP contribution in [0.5, 0.6) is 0 Å².